The molecular formula is C17H20N2O3S. The summed E-state index contributed by atoms with van der Waals surface area (Å²) in [7, 11) is -3.65. The Morgan fingerprint density at radius 3 is 2.74 bits per heavy atom. The Labute approximate surface area is 135 Å². The molecule has 1 aromatic carbocycles. The number of aliphatic hydroxyl groups excluding tert-OH is 1. The van der Waals surface area contributed by atoms with Gasteiger partial charge in [0.2, 0.25) is 10.0 Å². The van der Waals surface area contributed by atoms with E-state index in [4.69, 9.17) is 0 Å². The first-order valence-corrected chi connectivity index (χ1v) is 9.47. The summed E-state index contributed by atoms with van der Waals surface area (Å²) < 4.78 is 28.8. The zero-order valence-corrected chi connectivity index (χ0v) is 13.8. The topological polar surface area (TPSA) is 79.3 Å². The molecule has 2 aromatic rings. The lowest BCUT2D eigenvalue weighted by molar-refractivity contribution is -0.138. The van der Waals surface area contributed by atoms with Crippen LogP contribution in [0.1, 0.15) is 31.2 Å². The molecule has 1 spiro atoms. The number of pyridine rings is 1. The number of aliphatic hydroxyl groups is 1. The van der Waals surface area contributed by atoms with E-state index in [1.165, 1.54) is 0 Å². The number of nitrogens with one attached hydrogen (secondary N) is 1. The highest BCUT2D eigenvalue weighted by atomic mass is 32.2. The average Bonchev–Trinajstić information content (AvgIpc) is 2.44. The fourth-order valence-electron chi connectivity index (χ4n) is 4.03. The summed E-state index contributed by atoms with van der Waals surface area (Å²) >= 11 is 0. The molecule has 0 bridgehead atoms. The van der Waals surface area contributed by atoms with E-state index in [0.29, 0.717) is 27.8 Å². The van der Waals surface area contributed by atoms with Crippen molar-refractivity contribution >= 4 is 20.9 Å². The van der Waals surface area contributed by atoms with Gasteiger partial charge in [-0.3, -0.25) is 4.98 Å². The smallest absolute Gasteiger partial charge is 0.241 e. The summed E-state index contributed by atoms with van der Waals surface area (Å²) in [4.78, 5) is 4.55. The van der Waals surface area contributed by atoms with Crippen molar-refractivity contribution in [3.63, 3.8) is 0 Å². The molecule has 4 rings (SSSR count). The number of hydrogen-bond acceptors (Lipinski definition) is 4. The highest BCUT2D eigenvalue weighted by Crippen LogP contribution is 2.56. The van der Waals surface area contributed by atoms with Gasteiger partial charge in [-0.05, 0) is 49.9 Å². The Balaban J connectivity index is 1.74. The number of aryl methyl sites for hydroxylation is 1. The molecule has 2 aliphatic rings. The summed E-state index contributed by atoms with van der Waals surface area (Å²) in [6.45, 7) is 1.80. The Morgan fingerprint density at radius 2 is 2.09 bits per heavy atom. The number of benzene rings is 1. The maximum Gasteiger partial charge on any atom is 0.241 e. The van der Waals surface area contributed by atoms with Crippen LogP contribution in [0, 0.1) is 12.3 Å². The van der Waals surface area contributed by atoms with Gasteiger partial charge in [0.25, 0.3) is 0 Å². The van der Waals surface area contributed by atoms with E-state index >= 15 is 0 Å². The van der Waals surface area contributed by atoms with Gasteiger partial charge in [-0.1, -0.05) is 12.5 Å². The molecule has 2 unspecified atom stereocenters. The fourth-order valence-corrected chi connectivity index (χ4v) is 5.81. The molecule has 23 heavy (non-hydrogen) atoms. The molecule has 0 radical (unpaired) electrons. The van der Waals surface area contributed by atoms with Gasteiger partial charge in [0.15, 0.2) is 0 Å². The fraction of sp³-hybridized carbons (Fsp3) is 0.471. The maximum absolute atomic E-state index is 13.0. The van der Waals surface area contributed by atoms with Crippen LogP contribution in [0.5, 0.6) is 0 Å². The third-order valence-electron chi connectivity index (χ3n) is 5.60. The molecular weight excluding hydrogens is 312 g/mol. The number of sulfonamides is 1. The molecule has 2 saturated carbocycles. The molecule has 2 atom stereocenters. The number of aromatic nitrogens is 1. The van der Waals surface area contributed by atoms with E-state index in [1.807, 2.05) is 6.07 Å². The predicted molar refractivity (Wildman–Crippen MR) is 87.5 cm³/mol. The lowest BCUT2D eigenvalue weighted by Crippen LogP contribution is -2.66. The van der Waals surface area contributed by atoms with Gasteiger partial charge in [-0.2, -0.15) is 0 Å². The van der Waals surface area contributed by atoms with E-state index in [1.54, 1.807) is 31.3 Å². The normalized spacial score (nSPS) is 26.0. The summed E-state index contributed by atoms with van der Waals surface area (Å²) in [5.74, 6) is 0. The van der Waals surface area contributed by atoms with Crippen LogP contribution in [0.3, 0.4) is 0 Å². The first kappa shape index (κ1) is 15.1. The second-order valence-electron chi connectivity index (χ2n) is 6.79. The van der Waals surface area contributed by atoms with Gasteiger partial charge >= 0.3 is 0 Å². The Hall–Kier alpha value is -1.50. The van der Waals surface area contributed by atoms with Gasteiger partial charge in [0.05, 0.1) is 16.5 Å². The lowest BCUT2D eigenvalue weighted by Gasteiger charge is -2.59. The van der Waals surface area contributed by atoms with Crippen LogP contribution in [0.25, 0.3) is 10.9 Å². The van der Waals surface area contributed by atoms with Crippen molar-refractivity contribution in [3.8, 4) is 0 Å². The highest BCUT2D eigenvalue weighted by molar-refractivity contribution is 7.89. The van der Waals surface area contributed by atoms with Crippen LogP contribution >= 0.6 is 0 Å². The molecule has 6 heteroatoms. The van der Waals surface area contributed by atoms with Crippen LogP contribution in [0.4, 0.5) is 0 Å². The Bertz CT molecular complexity index is 875. The van der Waals surface area contributed by atoms with E-state index < -0.39 is 10.0 Å². The van der Waals surface area contributed by atoms with Gasteiger partial charge in [0.1, 0.15) is 0 Å². The third-order valence-corrected chi connectivity index (χ3v) is 7.27. The van der Waals surface area contributed by atoms with Crippen molar-refractivity contribution in [2.75, 3.05) is 0 Å². The summed E-state index contributed by atoms with van der Waals surface area (Å²) in [6, 6.07) is 7.01. The molecule has 1 aromatic heterocycles. The maximum atomic E-state index is 13.0. The van der Waals surface area contributed by atoms with Crippen molar-refractivity contribution in [2.24, 2.45) is 5.41 Å². The van der Waals surface area contributed by atoms with Crippen LogP contribution < -0.4 is 4.72 Å². The molecule has 0 amide bonds. The van der Waals surface area contributed by atoms with Gasteiger partial charge in [0, 0.05) is 23.0 Å². The van der Waals surface area contributed by atoms with Crippen LogP contribution in [0.15, 0.2) is 35.4 Å². The highest BCUT2D eigenvalue weighted by Gasteiger charge is 2.58. The van der Waals surface area contributed by atoms with Gasteiger partial charge < -0.3 is 5.11 Å². The van der Waals surface area contributed by atoms with Crippen molar-refractivity contribution < 1.29 is 13.5 Å². The first-order valence-electron chi connectivity index (χ1n) is 7.99. The molecule has 0 aliphatic heterocycles. The van der Waals surface area contributed by atoms with Crippen LogP contribution in [0.2, 0.25) is 0 Å². The SMILES string of the molecule is Cc1ccc2ncccc2c1S(=O)(=O)NC1CC(O)C12CCC2. The zero-order valence-electron chi connectivity index (χ0n) is 13.0. The van der Waals surface area contributed by atoms with Crippen molar-refractivity contribution in [2.45, 2.75) is 49.6 Å². The monoisotopic (exact) mass is 332 g/mol. The molecule has 5 nitrogen and oxygen atoms in total. The number of rotatable bonds is 3. The van der Waals surface area contributed by atoms with E-state index in [0.717, 1.165) is 19.3 Å². The van der Waals surface area contributed by atoms with Crippen LogP contribution in [-0.4, -0.2) is 30.7 Å². The second kappa shape index (κ2) is 5.00. The third kappa shape index (κ3) is 2.12. The minimum atomic E-state index is -3.65. The van der Waals surface area contributed by atoms with Gasteiger partial charge in [-0.25, -0.2) is 13.1 Å². The summed E-state index contributed by atoms with van der Waals surface area (Å²) in [6.07, 6.45) is 4.65. The zero-order chi connectivity index (χ0) is 16.2. The predicted octanol–water partition coefficient (Wildman–Crippen LogP) is 2.13. The number of hydrogen-bond donors (Lipinski definition) is 2. The van der Waals surface area contributed by atoms with Crippen molar-refractivity contribution in [3.05, 3.63) is 36.0 Å². The lowest BCUT2D eigenvalue weighted by atomic mass is 9.51. The molecule has 1 heterocycles. The van der Waals surface area contributed by atoms with Crippen molar-refractivity contribution in [1.82, 2.24) is 9.71 Å². The van der Waals surface area contributed by atoms with Crippen LogP contribution in [-0.2, 0) is 10.0 Å². The van der Waals surface area contributed by atoms with E-state index in [-0.39, 0.29) is 17.6 Å². The minimum Gasteiger partial charge on any atom is -0.392 e. The summed E-state index contributed by atoms with van der Waals surface area (Å²) in [5, 5.41) is 10.7. The standard InChI is InChI=1S/C17H20N2O3S/c1-11-5-6-13-12(4-2-9-18-13)16(11)23(21,22)19-14-10-15(20)17(14)7-3-8-17/h2,4-6,9,14-15,19-20H,3,7-8,10H2,1H3. The molecule has 2 aliphatic carbocycles. The largest absolute Gasteiger partial charge is 0.392 e. The van der Waals surface area contributed by atoms with E-state index in [2.05, 4.69) is 9.71 Å². The van der Waals surface area contributed by atoms with Crippen molar-refractivity contribution in [1.29, 1.82) is 0 Å². The van der Waals surface area contributed by atoms with E-state index in [9.17, 15) is 13.5 Å². The second-order valence-corrected chi connectivity index (χ2v) is 8.44. The summed E-state index contributed by atoms with van der Waals surface area (Å²) in [5.41, 5.74) is 1.15. The Kier molecular flexibility index (Phi) is 3.27. The first-order chi connectivity index (χ1) is 10.9. The minimum absolute atomic E-state index is 0.164. The molecule has 122 valence electrons. The number of fused-ring (bicyclic) bond motifs is 1. The van der Waals surface area contributed by atoms with Gasteiger partial charge in [-0.15, -0.1) is 0 Å². The molecule has 2 N–H and O–H groups in total. The number of nitrogens with zero attached hydrogens (tertiary/aromatic N) is 1. The molecule has 2 fully saturated rings. The Morgan fingerprint density at radius 1 is 1.30 bits per heavy atom. The average molecular weight is 332 g/mol. The molecule has 0 saturated heterocycles. The quantitative estimate of drug-likeness (QED) is 0.902.